The van der Waals surface area contributed by atoms with Crippen molar-refractivity contribution in [2.75, 3.05) is 0 Å². The van der Waals surface area contributed by atoms with E-state index >= 15 is 0 Å². The molecule has 0 nitrogen and oxygen atoms in total. The van der Waals surface area contributed by atoms with E-state index in [0.717, 1.165) is 12.8 Å². The van der Waals surface area contributed by atoms with E-state index in [4.69, 9.17) is 6.42 Å². The van der Waals surface area contributed by atoms with Crippen molar-refractivity contribution in [3.8, 4) is 12.3 Å². The van der Waals surface area contributed by atoms with Gasteiger partial charge in [0.2, 0.25) is 0 Å². The fourth-order valence-corrected chi connectivity index (χ4v) is 5.64. The first kappa shape index (κ1) is 40.5. The second kappa shape index (κ2) is 19.7. The number of terminal acetylenes is 1. The average Bonchev–Trinajstić information content (AvgIpc) is 3.15. The molecule has 0 heteroatoms. The van der Waals surface area contributed by atoms with Crippen LogP contribution < -0.4 is 0 Å². The first-order chi connectivity index (χ1) is 20.3. The van der Waals surface area contributed by atoms with E-state index in [1.54, 1.807) is 0 Å². The number of rotatable bonds is 6. The maximum Gasteiger partial charge on any atom is 0.0299 e. The summed E-state index contributed by atoms with van der Waals surface area (Å²) in [6.45, 7) is 32.1. The summed E-state index contributed by atoms with van der Waals surface area (Å²) >= 11 is 0. The largest absolute Gasteiger partial charge is 0.120 e. The molecule has 3 unspecified atom stereocenters. The molecule has 0 aliphatic heterocycles. The van der Waals surface area contributed by atoms with Crippen molar-refractivity contribution >= 4 is 6.08 Å². The van der Waals surface area contributed by atoms with Gasteiger partial charge in [0.15, 0.2) is 0 Å². The van der Waals surface area contributed by atoms with E-state index in [1.165, 1.54) is 60.0 Å². The summed E-state index contributed by atoms with van der Waals surface area (Å²) in [5, 5.41) is 0. The first-order valence-corrected chi connectivity index (χ1v) is 17.3. The lowest BCUT2D eigenvalue weighted by molar-refractivity contribution is 0.264. The molecule has 3 atom stereocenters. The molecule has 0 heterocycles. The predicted octanol–water partition coefficient (Wildman–Crippen LogP) is 13.9. The molecular weight excluding hydrogens is 516 g/mol. The van der Waals surface area contributed by atoms with Crippen LogP contribution in [-0.4, -0.2) is 0 Å². The number of fused-ring (bicyclic) bond motifs is 1. The van der Waals surface area contributed by atoms with Gasteiger partial charge in [0, 0.05) is 11.8 Å². The average molecular weight is 585 g/mol. The Morgan fingerprint density at radius 2 is 1.65 bits per heavy atom. The highest BCUT2D eigenvalue weighted by Crippen LogP contribution is 2.51. The van der Waals surface area contributed by atoms with Crippen molar-refractivity contribution in [3.05, 3.63) is 89.1 Å². The molecule has 0 saturated carbocycles. The van der Waals surface area contributed by atoms with E-state index in [9.17, 15) is 0 Å². The Hall–Kier alpha value is -2.52. The zero-order valence-electron chi connectivity index (χ0n) is 30.7. The maximum atomic E-state index is 5.72. The van der Waals surface area contributed by atoms with Gasteiger partial charge in [0.1, 0.15) is 0 Å². The molecule has 2 aliphatic carbocycles. The Balaban J connectivity index is 0.000000880. The molecule has 0 bridgehead atoms. The summed E-state index contributed by atoms with van der Waals surface area (Å²) in [5.74, 6) is 4.05. The Morgan fingerprint density at radius 1 is 1.02 bits per heavy atom. The van der Waals surface area contributed by atoms with Gasteiger partial charge in [0.25, 0.3) is 0 Å². The zero-order valence-corrected chi connectivity index (χ0v) is 30.7. The van der Waals surface area contributed by atoms with E-state index in [0.29, 0.717) is 11.8 Å². The number of benzene rings is 1. The number of allylic oxidation sites excluding steroid dienone is 8. The van der Waals surface area contributed by atoms with E-state index < -0.39 is 0 Å². The topological polar surface area (TPSA) is 0 Å². The van der Waals surface area contributed by atoms with Gasteiger partial charge in [-0.05, 0) is 84.8 Å². The molecule has 1 aromatic rings. The quantitative estimate of drug-likeness (QED) is 0.177. The minimum Gasteiger partial charge on any atom is -0.120 e. The summed E-state index contributed by atoms with van der Waals surface area (Å²) in [4.78, 5) is 0. The normalized spacial score (nSPS) is 21.8. The Labute approximate surface area is 269 Å². The predicted molar refractivity (Wildman–Crippen MR) is 198 cm³/mol. The monoisotopic (exact) mass is 585 g/mol. The molecule has 0 spiro atoms. The van der Waals surface area contributed by atoms with Crippen LogP contribution in [0.5, 0.6) is 0 Å². The molecule has 0 saturated heterocycles. The zero-order chi connectivity index (χ0) is 33.3. The molecule has 0 amide bonds. The lowest BCUT2D eigenvalue weighted by Crippen LogP contribution is -2.31. The van der Waals surface area contributed by atoms with Crippen LogP contribution in [0.4, 0.5) is 0 Å². The fraction of sp³-hybridized carbons (Fsp3) is 0.581. The molecule has 43 heavy (non-hydrogen) atoms. The van der Waals surface area contributed by atoms with Crippen LogP contribution in [0.25, 0.3) is 6.08 Å². The van der Waals surface area contributed by atoms with E-state index in [-0.39, 0.29) is 16.2 Å². The SMILES string of the molecule is C#CCC1=CCCCC1C1(C=CCC)C=Cc2ccccc2C(CC)C1.C=C(/C=C(\C)C(C)(C)C)C(C)(C)C.CC.CC. The second-order valence-electron chi connectivity index (χ2n) is 13.7. The van der Waals surface area contributed by atoms with Crippen molar-refractivity contribution in [3.63, 3.8) is 0 Å². The summed E-state index contributed by atoms with van der Waals surface area (Å²) < 4.78 is 0. The minimum absolute atomic E-state index is 0.0822. The lowest BCUT2D eigenvalue weighted by atomic mass is 9.63. The molecular formula is C43H68. The molecule has 3 rings (SSSR count). The molecule has 0 radical (unpaired) electrons. The molecule has 0 N–H and O–H groups in total. The summed E-state index contributed by atoms with van der Waals surface area (Å²) in [7, 11) is 0. The summed E-state index contributed by atoms with van der Waals surface area (Å²) in [6.07, 6.45) is 28.1. The van der Waals surface area contributed by atoms with Crippen LogP contribution in [0.3, 0.4) is 0 Å². The fourth-order valence-electron chi connectivity index (χ4n) is 5.64. The highest BCUT2D eigenvalue weighted by molar-refractivity contribution is 5.58. The van der Waals surface area contributed by atoms with Gasteiger partial charge in [-0.15, -0.1) is 12.3 Å². The van der Waals surface area contributed by atoms with Crippen LogP contribution >= 0.6 is 0 Å². The van der Waals surface area contributed by atoms with Crippen molar-refractivity contribution in [1.29, 1.82) is 0 Å². The first-order valence-electron chi connectivity index (χ1n) is 17.3. The van der Waals surface area contributed by atoms with Crippen LogP contribution in [0.2, 0.25) is 0 Å². The Bertz CT molecular complexity index is 1110. The molecule has 0 aromatic heterocycles. The molecule has 2 aliphatic rings. The van der Waals surface area contributed by atoms with Gasteiger partial charge < -0.3 is 0 Å². The van der Waals surface area contributed by atoms with Crippen LogP contribution in [-0.2, 0) is 0 Å². The molecule has 1 aromatic carbocycles. The van der Waals surface area contributed by atoms with Gasteiger partial charge >= 0.3 is 0 Å². The van der Waals surface area contributed by atoms with Crippen molar-refractivity contribution in [1.82, 2.24) is 0 Å². The van der Waals surface area contributed by atoms with Crippen LogP contribution in [0.15, 0.2) is 77.9 Å². The number of hydrogen-bond acceptors (Lipinski definition) is 0. The molecule has 240 valence electrons. The minimum atomic E-state index is 0.0822. The van der Waals surface area contributed by atoms with Crippen LogP contribution in [0, 0.1) is 34.5 Å². The standard InChI is InChI=1S/C26H32.C13H24.2C2H6/c1-4-7-18-26(25-16-11-9-14-23(25)12-5-2)19-17-22-13-8-10-15-24(22)21(6-3)20-26;1-10(12(3,4)5)9-11(2)13(6,7)8;2*1-2/h2,7-8,10,13-15,17-19,21,25H,4,6,9,11-12,16,20H2,1,3H3;9H,1H2,2-8H3;2*1-2H3/b;11-9+;;. The third-order valence-electron chi connectivity index (χ3n) is 8.81. The van der Waals surface area contributed by atoms with Gasteiger partial charge in [0.05, 0.1) is 0 Å². The maximum absolute atomic E-state index is 5.72. The lowest BCUT2D eigenvalue weighted by Gasteiger charge is -2.41. The van der Waals surface area contributed by atoms with Gasteiger partial charge in [-0.25, -0.2) is 0 Å². The number of hydrogen-bond donors (Lipinski definition) is 0. The van der Waals surface area contributed by atoms with Crippen molar-refractivity contribution < 1.29 is 0 Å². The highest BCUT2D eigenvalue weighted by atomic mass is 14.4. The Morgan fingerprint density at radius 3 is 2.19 bits per heavy atom. The second-order valence-corrected chi connectivity index (χ2v) is 13.7. The van der Waals surface area contributed by atoms with Crippen molar-refractivity contribution in [2.45, 2.75) is 141 Å². The van der Waals surface area contributed by atoms with Gasteiger partial charge in [-0.2, -0.15) is 0 Å². The Kier molecular flexibility index (Phi) is 18.5. The third-order valence-corrected chi connectivity index (χ3v) is 8.81. The third kappa shape index (κ3) is 12.5. The smallest absolute Gasteiger partial charge is 0.0299 e. The van der Waals surface area contributed by atoms with E-state index in [1.807, 2.05) is 27.7 Å². The summed E-state index contributed by atoms with van der Waals surface area (Å²) in [6, 6.07) is 8.95. The van der Waals surface area contributed by atoms with Gasteiger partial charge in [-0.1, -0.05) is 162 Å². The van der Waals surface area contributed by atoms with Gasteiger partial charge in [-0.3, -0.25) is 0 Å². The van der Waals surface area contributed by atoms with Crippen molar-refractivity contribution in [2.24, 2.45) is 22.2 Å². The highest BCUT2D eigenvalue weighted by Gasteiger charge is 2.40. The summed E-state index contributed by atoms with van der Waals surface area (Å²) in [5.41, 5.74) is 7.53. The van der Waals surface area contributed by atoms with Crippen LogP contribution in [0.1, 0.15) is 152 Å². The van der Waals surface area contributed by atoms with E-state index in [2.05, 4.69) is 136 Å². The molecule has 0 fully saturated rings.